The van der Waals surface area contributed by atoms with Crippen LogP contribution in [0, 0.1) is 17.3 Å². The molecule has 0 aliphatic carbocycles. The predicted octanol–water partition coefficient (Wildman–Crippen LogP) is 4.82. The SMILES string of the molecule is COC(=O)/C=C(/C#CC(C)(C)CO[Si](C)(C)C(C)(C)C)C[C@H](O)C[C@H]1OC(C)(C)O[C@@H]1C. The summed E-state index contributed by atoms with van der Waals surface area (Å²) < 4.78 is 22.8. The number of rotatable bonds is 8. The van der Waals surface area contributed by atoms with Gasteiger partial charge in [-0.2, -0.15) is 0 Å². The molecule has 7 heteroatoms. The van der Waals surface area contributed by atoms with Gasteiger partial charge in [-0.05, 0) is 52.8 Å². The lowest BCUT2D eigenvalue weighted by Crippen LogP contribution is -2.43. The molecule has 0 radical (unpaired) electrons. The summed E-state index contributed by atoms with van der Waals surface area (Å²) in [6, 6.07) is 0. The lowest BCUT2D eigenvalue weighted by molar-refractivity contribution is -0.147. The molecular formula is C25H44O6Si. The highest BCUT2D eigenvalue weighted by Crippen LogP contribution is 2.37. The molecule has 0 aromatic carbocycles. The molecule has 32 heavy (non-hydrogen) atoms. The quantitative estimate of drug-likeness (QED) is 0.238. The summed E-state index contributed by atoms with van der Waals surface area (Å²) in [5.41, 5.74) is 0.118. The summed E-state index contributed by atoms with van der Waals surface area (Å²) in [6.45, 7) is 21.2. The Bertz CT molecular complexity index is 736. The third kappa shape index (κ3) is 9.36. The smallest absolute Gasteiger partial charge is 0.331 e. The number of ether oxygens (including phenoxy) is 3. The number of hydrogen-bond acceptors (Lipinski definition) is 6. The van der Waals surface area contributed by atoms with E-state index in [1.807, 2.05) is 34.6 Å². The van der Waals surface area contributed by atoms with Crippen LogP contribution in [0.5, 0.6) is 0 Å². The molecule has 3 atom stereocenters. The van der Waals surface area contributed by atoms with Crippen LogP contribution in [0.1, 0.15) is 68.2 Å². The lowest BCUT2D eigenvalue weighted by Gasteiger charge is -2.38. The van der Waals surface area contributed by atoms with Gasteiger partial charge in [-0.15, -0.1) is 0 Å². The summed E-state index contributed by atoms with van der Waals surface area (Å²) in [7, 11) is -0.567. The van der Waals surface area contributed by atoms with Crippen LogP contribution in [0.2, 0.25) is 18.1 Å². The van der Waals surface area contributed by atoms with Crippen molar-refractivity contribution in [2.75, 3.05) is 13.7 Å². The van der Waals surface area contributed by atoms with E-state index in [1.54, 1.807) is 0 Å². The minimum absolute atomic E-state index is 0.119. The number of carbonyl (C=O) groups excluding carboxylic acids is 1. The van der Waals surface area contributed by atoms with E-state index in [4.69, 9.17) is 18.6 Å². The van der Waals surface area contributed by atoms with Gasteiger partial charge in [-0.1, -0.05) is 32.6 Å². The van der Waals surface area contributed by atoms with Gasteiger partial charge in [0, 0.05) is 36.5 Å². The maximum atomic E-state index is 11.9. The fraction of sp³-hybridized carbons (Fsp3) is 0.800. The summed E-state index contributed by atoms with van der Waals surface area (Å²) in [6.07, 6.45) is 0.904. The molecule has 0 bridgehead atoms. The first kappa shape index (κ1) is 28.9. The normalized spacial score (nSPS) is 22.8. The zero-order valence-electron chi connectivity index (χ0n) is 21.9. The Morgan fingerprint density at radius 1 is 1.22 bits per heavy atom. The van der Waals surface area contributed by atoms with E-state index in [2.05, 4.69) is 45.7 Å². The van der Waals surface area contributed by atoms with Gasteiger partial charge in [-0.3, -0.25) is 0 Å². The summed E-state index contributed by atoms with van der Waals surface area (Å²) in [4.78, 5) is 11.9. The summed E-state index contributed by atoms with van der Waals surface area (Å²) in [5, 5.41) is 10.8. The van der Waals surface area contributed by atoms with E-state index in [1.165, 1.54) is 13.2 Å². The van der Waals surface area contributed by atoms with Crippen LogP contribution in [0.15, 0.2) is 11.6 Å². The molecular weight excluding hydrogens is 424 g/mol. The van der Waals surface area contributed by atoms with E-state index in [-0.39, 0.29) is 23.7 Å². The molecule has 1 N–H and O–H groups in total. The van der Waals surface area contributed by atoms with E-state index in [0.717, 1.165) is 0 Å². The number of carbonyl (C=O) groups is 1. The molecule has 0 aromatic rings. The second-order valence-corrected chi connectivity index (χ2v) is 16.2. The Morgan fingerprint density at radius 3 is 2.28 bits per heavy atom. The number of esters is 1. The molecule has 0 unspecified atom stereocenters. The highest BCUT2D eigenvalue weighted by Gasteiger charge is 2.40. The first-order valence-electron chi connectivity index (χ1n) is 11.4. The molecule has 184 valence electrons. The van der Waals surface area contributed by atoms with Crippen molar-refractivity contribution < 1.29 is 28.5 Å². The molecule has 6 nitrogen and oxygen atoms in total. The van der Waals surface area contributed by atoms with Crippen LogP contribution in [-0.2, 0) is 23.4 Å². The fourth-order valence-electron chi connectivity index (χ4n) is 3.07. The second-order valence-electron chi connectivity index (χ2n) is 11.3. The third-order valence-corrected chi connectivity index (χ3v) is 10.5. The van der Waals surface area contributed by atoms with E-state index in [9.17, 15) is 9.90 Å². The molecule has 1 heterocycles. The van der Waals surface area contributed by atoms with Gasteiger partial charge in [0.1, 0.15) is 0 Å². The first-order valence-corrected chi connectivity index (χ1v) is 14.3. The average molecular weight is 469 g/mol. The van der Waals surface area contributed by atoms with Gasteiger partial charge in [0.25, 0.3) is 0 Å². The van der Waals surface area contributed by atoms with Crippen LogP contribution in [0.4, 0.5) is 0 Å². The third-order valence-electron chi connectivity index (χ3n) is 6.04. The topological polar surface area (TPSA) is 74.2 Å². The molecule has 0 spiro atoms. The average Bonchev–Trinajstić information content (AvgIpc) is 2.88. The summed E-state index contributed by atoms with van der Waals surface area (Å²) >= 11 is 0. The number of aliphatic hydroxyl groups is 1. The number of hydrogen-bond donors (Lipinski definition) is 1. The second kappa shape index (κ2) is 10.8. The van der Waals surface area contributed by atoms with E-state index >= 15 is 0 Å². The minimum Gasteiger partial charge on any atom is -0.466 e. The van der Waals surface area contributed by atoms with E-state index < -0.39 is 31.6 Å². The maximum Gasteiger partial charge on any atom is 0.331 e. The zero-order valence-corrected chi connectivity index (χ0v) is 22.9. The van der Waals surface area contributed by atoms with Crippen LogP contribution in [-0.4, -0.2) is 57.2 Å². The largest absolute Gasteiger partial charge is 0.466 e. The molecule has 1 saturated heterocycles. The van der Waals surface area contributed by atoms with Gasteiger partial charge in [-0.25, -0.2) is 4.79 Å². The Hall–Kier alpha value is -1.17. The monoisotopic (exact) mass is 468 g/mol. The Kier molecular flexibility index (Phi) is 9.77. The minimum atomic E-state index is -1.89. The molecule has 1 aliphatic heterocycles. The van der Waals surface area contributed by atoms with E-state index in [0.29, 0.717) is 18.6 Å². The van der Waals surface area contributed by atoms with Gasteiger partial charge in [0.2, 0.25) is 0 Å². The molecule has 0 saturated carbocycles. The maximum absolute atomic E-state index is 11.9. The van der Waals surface area contributed by atoms with Gasteiger partial charge < -0.3 is 23.7 Å². The first-order chi connectivity index (χ1) is 14.4. The number of aliphatic hydroxyl groups excluding tert-OH is 1. The molecule has 0 amide bonds. The molecule has 1 rings (SSSR count). The highest BCUT2D eigenvalue weighted by atomic mass is 28.4. The molecule has 0 aromatic heterocycles. The van der Waals surface area contributed by atoms with Crippen molar-refractivity contribution in [2.45, 2.75) is 110 Å². The van der Waals surface area contributed by atoms with Crippen LogP contribution < -0.4 is 0 Å². The molecule has 1 fully saturated rings. The lowest BCUT2D eigenvalue weighted by atomic mass is 9.94. The molecule has 1 aliphatic rings. The van der Waals surface area contributed by atoms with Gasteiger partial charge in [0.15, 0.2) is 14.1 Å². The van der Waals surface area contributed by atoms with Crippen molar-refractivity contribution in [1.29, 1.82) is 0 Å². The van der Waals surface area contributed by atoms with Crippen molar-refractivity contribution in [3.8, 4) is 11.8 Å². The van der Waals surface area contributed by atoms with Gasteiger partial charge in [0.05, 0.1) is 25.4 Å². The standard InChI is InChI=1S/C25H44O6Si/c1-18-21(31-25(7,8)30-18)16-20(26)14-19(15-22(27)28-9)12-13-24(5,6)17-29-32(10,11)23(2,3)4/h15,18,20-21,26H,14,16-17H2,1-11H3/b19-15-/t18-,20+,21-/m1/s1. The van der Waals surface area contributed by atoms with Crippen molar-refractivity contribution in [3.05, 3.63) is 11.6 Å². The number of methoxy groups -OCH3 is 1. The van der Waals surface area contributed by atoms with Gasteiger partial charge >= 0.3 is 5.97 Å². The summed E-state index contributed by atoms with van der Waals surface area (Å²) in [5.74, 6) is 5.18. The van der Waals surface area contributed by atoms with Crippen molar-refractivity contribution in [3.63, 3.8) is 0 Å². The zero-order chi connectivity index (χ0) is 25.0. The Labute approximate surface area is 196 Å². The Morgan fingerprint density at radius 2 is 1.81 bits per heavy atom. The van der Waals surface area contributed by atoms with Crippen molar-refractivity contribution in [1.82, 2.24) is 0 Å². The Balaban J connectivity index is 2.89. The van der Waals surface area contributed by atoms with Crippen LogP contribution in [0.25, 0.3) is 0 Å². The van der Waals surface area contributed by atoms with Crippen LogP contribution >= 0.6 is 0 Å². The predicted molar refractivity (Wildman–Crippen MR) is 130 cm³/mol. The fourth-order valence-corrected chi connectivity index (χ4v) is 4.22. The van der Waals surface area contributed by atoms with Crippen molar-refractivity contribution >= 4 is 14.3 Å². The highest BCUT2D eigenvalue weighted by molar-refractivity contribution is 6.74. The van der Waals surface area contributed by atoms with Crippen molar-refractivity contribution in [2.24, 2.45) is 5.41 Å². The van der Waals surface area contributed by atoms with Crippen LogP contribution in [0.3, 0.4) is 0 Å².